The molecule has 1 fully saturated rings. The van der Waals surface area contributed by atoms with E-state index in [1.807, 2.05) is 19.1 Å². The van der Waals surface area contributed by atoms with E-state index in [1.54, 1.807) is 36.4 Å². The van der Waals surface area contributed by atoms with Crippen LogP contribution in [-0.4, -0.2) is 28.3 Å². The molecule has 2 atom stereocenters. The quantitative estimate of drug-likeness (QED) is 0.785. The lowest BCUT2D eigenvalue weighted by atomic mass is 9.85. The van der Waals surface area contributed by atoms with Gasteiger partial charge in [0.1, 0.15) is 5.75 Å². The van der Waals surface area contributed by atoms with Crippen molar-refractivity contribution in [1.82, 2.24) is 4.90 Å². The zero-order chi connectivity index (χ0) is 20.6. The van der Waals surface area contributed by atoms with Crippen molar-refractivity contribution in [2.75, 3.05) is 12.4 Å². The molecule has 2 heterocycles. The standard InChI is InChI=1S/C22H19ClN2O3S/c1-2-28-17-9-5-15(6-10-17)22(27)13-29-21-19(12-24)18(11-20(26)25(21)22)14-3-7-16(23)8-4-14/h3-10,18,27H,2,11,13H2,1H3/t18-,22-/m0/s1. The van der Waals surface area contributed by atoms with Gasteiger partial charge >= 0.3 is 0 Å². The molecule has 2 aliphatic heterocycles. The molecule has 2 aliphatic rings. The molecule has 1 amide bonds. The number of hydrogen-bond donors (Lipinski definition) is 1. The highest BCUT2D eigenvalue weighted by molar-refractivity contribution is 8.03. The van der Waals surface area contributed by atoms with Crippen molar-refractivity contribution in [3.8, 4) is 11.8 Å². The summed E-state index contributed by atoms with van der Waals surface area (Å²) in [7, 11) is 0. The van der Waals surface area contributed by atoms with E-state index in [2.05, 4.69) is 6.07 Å². The van der Waals surface area contributed by atoms with Crippen LogP contribution >= 0.6 is 23.4 Å². The number of amides is 1. The molecule has 5 nitrogen and oxygen atoms in total. The molecule has 1 N–H and O–H groups in total. The van der Waals surface area contributed by atoms with Crippen molar-refractivity contribution in [3.63, 3.8) is 0 Å². The van der Waals surface area contributed by atoms with Gasteiger partial charge in [-0.3, -0.25) is 9.69 Å². The Morgan fingerprint density at radius 3 is 2.59 bits per heavy atom. The van der Waals surface area contributed by atoms with E-state index in [1.165, 1.54) is 16.7 Å². The summed E-state index contributed by atoms with van der Waals surface area (Å²) in [5.74, 6) is 0.416. The van der Waals surface area contributed by atoms with E-state index in [4.69, 9.17) is 16.3 Å². The van der Waals surface area contributed by atoms with Crippen LogP contribution in [0.4, 0.5) is 0 Å². The molecule has 2 aromatic rings. The first-order chi connectivity index (χ1) is 14.0. The van der Waals surface area contributed by atoms with Crippen molar-refractivity contribution in [2.45, 2.75) is 25.0 Å². The van der Waals surface area contributed by atoms with E-state index in [9.17, 15) is 15.2 Å². The Bertz CT molecular complexity index is 1010. The largest absolute Gasteiger partial charge is 0.494 e. The minimum Gasteiger partial charge on any atom is -0.494 e. The van der Waals surface area contributed by atoms with Gasteiger partial charge in [0.2, 0.25) is 5.91 Å². The van der Waals surface area contributed by atoms with Gasteiger partial charge in [0, 0.05) is 22.9 Å². The molecular weight excluding hydrogens is 408 g/mol. The van der Waals surface area contributed by atoms with E-state index in [0.29, 0.717) is 33.5 Å². The second-order valence-corrected chi connectivity index (χ2v) is 8.33. The van der Waals surface area contributed by atoms with E-state index >= 15 is 0 Å². The summed E-state index contributed by atoms with van der Waals surface area (Å²) in [5, 5.41) is 22.4. The average molecular weight is 427 g/mol. The van der Waals surface area contributed by atoms with Gasteiger partial charge in [0.25, 0.3) is 0 Å². The normalized spacial score (nSPS) is 23.7. The summed E-state index contributed by atoms with van der Waals surface area (Å²) in [6.07, 6.45) is 0.119. The lowest BCUT2D eigenvalue weighted by molar-refractivity contribution is -0.149. The van der Waals surface area contributed by atoms with Gasteiger partial charge in [-0.2, -0.15) is 5.26 Å². The minimum absolute atomic E-state index is 0.119. The van der Waals surface area contributed by atoms with Crippen LogP contribution in [0.2, 0.25) is 5.02 Å². The molecule has 0 aliphatic carbocycles. The highest BCUT2D eigenvalue weighted by Crippen LogP contribution is 2.51. The molecule has 0 spiro atoms. The van der Waals surface area contributed by atoms with E-state index < -0.39 is 5.72 Å². The number of nitriles is 1. The lowest BCUT2D eigenvalue weighted by Crippen LogP contribution is -2.48. The first kappa shape index (κ1) is 19.8. The number of carbonyl (C=O) groups excluding carboxylic acids is 1. The molecule has 29 heavy (non-hydrogen) atoms. The van der Waals surface area contributed by atoms with Crippen LogP contribution in [0.1, 0.15) is 30.4 Å². The van der Waals surface area contributed by atoms with Gasteiger partial charge in [-0.05, 0) is 36.8 Å². The third-order valence-electron chi connectivity index (χ3n) is 5.21. The van der Waals surface area contributed by atoms with Crippen LogP contribution in [0.3, 0.4) is 0 Å². The van der Waals surface area contributed by atoms with Crippen molar-refractivity contribution in [2.24, 2.45) is 0 Å². The number of ether oxygens (including phenoxy) is 1. The molecular formula is C22H19ClN2O3S. The predicted octanol–water partition coefficient (Wildman–Crippen LogP) is 4.38. The molecule has 0 aromatic heterocycles. The highest BCUT2D eigenvalue weighted by atomic mass is 35.5. The number of allylic oxidation sites excluding steroid dienone is 1. The van der Waals surface area contributed by atoms with Gasteiger partial charge in [-0.25, -0.2) is 0 Å². The summed E-state index contributed by atoms with van der Waals surface area (Å²) in [6.45, 7) is 2.45. The summed E-state index contributed by atoms with van der Waals surface area (Å²) in [4.78, 5) is 14.5. The molecule has 4 rings (SSSR count). The summed E-state index contributed by atoms with van der Waals surface area (Å²) in [6, 6.07) is 16.5. The van der Waals surface area contributed by atoms with Gasteiger partial charge in [0.15, 0.2) is 5.72 Å². The number of nitrogens with zero attached hydrogens (tertiary/aromatic N) is 2. The molecule has 1 saturated heterocycles. The van der Waals surface area contributed by atoms with Gasteiger partial charge < -0.3 is 9.84 Å². The predicted molar refractivity (Wildman–Crippen MR) is 112 cm³/mol. The maximum absolute atomic E-state index is 13.1. The Balaban J connectivity index is 1.73. The number of thioether (sulfide) groups is 1. The molecule has 0 unspecified atom stereocenters. The van der Waals surface area contributed by atoms with Crippen molar-refractivity contribution in [3.05, 3.63) is 75.3 Å². The van der Waals surface area contributed by atoms with Crippen LogP contribution in [0.25, 0.3) is 0 Å². The number of halogens is 1. The van der Waals surface area contributed by atoms with Gasteiger partial charge in [-0.1, -0.05) is 35.9 Å². The number of fused-ring (bicyclic) bond motifs is 1. The molecule has 0 saturated carbocycles. The fraction of sp³-hybridized carbons (Fsp3) is 0.273. The van der Waals surface area contributed by atoms with Gasteiger partial charge in [-0.15, -0.1) is 11.8 Å². The Morgan fingerprint density at radius 1 is 1.28 bits per heavy atom. The lowest BCUT2D eigenvalue weighted by Gasteiger charge is -2.38. The highest BCUT2D eigenvalue weighted by Gasteiger charge is 2.51. The van der Waals surface area contributed by atoms with Crippen molar-refractivity contribution >= 4 is 29.3 Å². The SMILES string of the molecule is CCOc1ccc([C@@]2(O)CSC3=C(C#N)[C@H](c4ccc(Cl)cc4)CC(=O)N32)cc1. The Kier molecular flexibility index (Phi) is 5.30. The number of aliphatic hydroxyl groups is 1. The first-order valence-electron chi connectivity index (χ1n) is 9.29. The number of benzene rings is 2. The Labute approximate surface area is 178 Å². The maximum atomic E-state index is 13.1. The molecule has 148 valence electrons. The van der Waals surface area contributed by atoms with Crippen molar-refractivity contribution < 1.29 is 14.6 Å². The first-order valence-corrected chi connectivity index (χ1v) is 10.7. The fourth-order valence-corrected chi connectivity index (χ4v) is 5.29. The second kappa shape index (κ2) is 7.75. The zero-order valence-corrected chi connectivity index (χ0v) is 17.3. The number of hydrogen-bond acceptors (Lipinski definition) is 5. The topological polar surface area (TPSA) is 73.6 Å². The van der Waals surface area contributed by atoms with Crippen molar-refractivity contribution in [1.29, 1.82) is 5.26 Å². The van der Waals surface area contributed by atoms with Crippen LogP contribution in [0.5, 0.6) is 5.75 Å². The van der Waals surface area contributed by atoms with Gasteiger partial charge in [0.05, 0.1) is 29.0 Å². The van der Waals surface area contributed by atoms with E-state index in [0.717, 1.165) is 5.56 Å². The molecule has 7 heteroatoms. The Morgan fingerprint density at radius 2 is 1.97 bits per heavy atom. The fourth-order valence-electron chi connectivity index (χ4n) is 3.80. The Hall–Kier alpha value is -2.46. The summed E-state index contributed by atoms with van der Waals surface area (Å²) >= 11 is 7.31. The second-order valence-electron chi connectivity index (χ2n) is 6.93. The monoisotopic (exact) mass is 426 g/mol. The average Bonchev–Trinajstić information content (AvgIpc) is 3.08. The summed E-state index contributed by atoms with van der Waals surface area (Å²) in [5.41, 5.74) is 0.468. The number of rotatable bonds is 4. The van der Waals surface area contributed by atoms with Crippen LogP contribution in [0.15, 0.2) is 59.1 Å². The van der Waals surface area contributed by atoms with Crippen LogP contribution in [0, 0.1) is 11.3 Å². The molecule has 0 bridgehead atoms. The molecule has 2 aromatic carbocycles. The smallest absolute Gasteiger partial charge is 0.231 e. The van der Waals surface area contributed by atoms with E-state index in [-0.39, 0.29) is 24.0 Å². The van der Waals surface area contributed by atoms with Crippen LogP contribution in [-0.2, 0) is 10.5 Å². The third kappa shape index (κ3) is 3.40. The number of carbonyl (C=O) groups is 1. The molecule has 0 radical (unpaired) electrons. The maximum Gasteiger partial charge on any atom is 0.231 e. The minimum atomic E-state index is -1.49. The summed E-state index contributed by atoms with van der Waals surface area (Å²) < 4.78 is 5.46. The third-order valence-corrected chi connectivity index (χ3v) is 6.69. The van der Waals surface area contributed by atoms with Crippen LogP contribution < -0.4 is 4.74 Å². The zero-order valence-electron chi connectivity index (χ0n) is 15.8.